The Labute approximate surface area is 366 Å². The number of hydrogen-bond donors (Lipinski definition) is 5. The molecule has 4 aromatic carbocycles. The Bertz CT molecular complexity index is 3220. The van der Waals surface area contributed by atoms with Gasteiger partial charge in [0.15, 0.2) is 5.71 Å². The van der Waals surface area contributed by atoms with Gasteiger partial charge in [0.2, 0.25) is 5.69 Å². The number of fused-ring (bicyclic) bond motifs is 6. The Kier molecular flexibility index (Phi) is 12.7. The molecule has 0 aliphatic carbocycles. The molecule has 0 spiro atoms. The maximum atomic E-state index is 12.5. The van der Waals surface area contributed by atoms with E-state index in [9.17, 15) is 56.7 Å². The van der Waals surface area contributed by atoms with Gasteiger partial charge in [-0.05, 0) is 92.4 Å². The Hall–Kier alpha value is -5.06. The van der Waals surface area contributed by atoms with E-state index in [0.717, 1.165) is 17.5 Å². The van der Waals surface area contributed by atoms with Gasteiger partial charge in [0.25, 0.3) is 40.5 Å². The van der Waals surface area contributed by atoms with Gasteiger partial charge in [0.1, 0.15) is 16.3 Å². The van der Waals surface area contributed by atoms with E-state index in [4.69, 9.17) is 5.11 Å². The van der Waals surface area contributed by atoms with Crippen LogP contribution in [0.2, 0.25) is 0 Å². The highest BCUT2D eigenvalue weighted by Crippen LogP contribution is 2.52. The Morgan fingerprint density at radius 1 is 0.635 bits per heavy atom. The molecule has 0 aromatic heterocycles. The molecule has 6 rings (SSSR count). The van der Waals surface area contributed by atoms with Crippen molar-refractivity contribution >= 4 is 85.1 Å². The smallest absolute Gasteiger partial charge is 0.303 e. The molecule has 0 atom stereocenters. The average Bonchev–Trinajstić information content (AvgIpc) is 3.52. The molecule has 0 amide bonds. The number of carboxylic acids is 1. The van der Waals surface area contributed by atoms with Crippen LogP contribution in [0.25, 0.3) is 21.5 Å². The van der Waals surface area contributed by atoms with Crippen LogP contribution in [0, 0.1) is 0 Å². The van der Waals surface area contributed by atoms with Gasteiger partial charge in [-0.1, -0.05) is 50.3 Å². The number of carboxylic acid groups (broad SMARTS) is 1. The van der Waals surface area contributed by atoms with Crippen LogP contribution >= 0.6 is 0 Å². The molecular weight excluding hydrogens is 897 g/mol. The van der Waals surface area contributed by atoms with E-state index in [1.807, 2.05) is 56.2 Å². The molecule has 2 aliphatic rings. The number of aliphatic carboxylic acids is 1. The highest BCUT2D eigenvalue weighted by atomic mass is 32.2. The number of rotatable bonds is 15. The topological polar surface area (TPSA) is 261 Å². The van der Waals surface area contributed by atoms with Gasteiger partial charge in [-0.3, -0.25) is 23.0 Å². The number of carbonyl (C=O) groups is 1. The lowest BCUT2D eigenvalue weighted by Gasteiger charge is -2.26. The third-order valence-corrected chi connectivity index (χ3v) is 14.9. The first-order valence-corrected chi connectivity index (χ1v) is 25.4. The monoisotopic (exact) mass is 943 g/mol. The number of likely N-dealkylation sites (N-methyl/N-ethyl adjacent to an activating group) is 1. The van der Waals surface area contributed by atoms with Crippen LogP contribution in [0.4, 0.5) is 11.4 Å². The zero-order chi connectivity index (χ0) is 46.7. The van der Waals surface area contributed by atoms with Crippen molar-refractivity contribution in [2.45, 2.75) is 90.7 Å². The standard InChI is InChI=1S/C43H46N2O14S4/c1-6-44-33-20-18-29-31(23-27(60(48,49)50)25-35(29)62(54,55)56)40(33)42(2,3)37(44)15-11-8-7-9-12-16-38-43(4,5)41-32-24-28(61(51,52)53)26-36(63(57,58)59)30(32)19-21-34(41)45(38)22-14-10-13-17-39(46)47/h7-9,11-12,15-16,18-21,23-26H,6,10,13-14,17,22H2,1-5H3,(H4-,46,47,48,49,50,51,52,53,54,55,56,57,58,59)/p+1. The van der Waals surface area contributed by atoms with Crippen molar-refractivity contribution < 1.29 is 66.4 Å². The number of hydrogen-bond acceptors (Lipinski definition) is 10. The molecule has 0 unspecified atom stereocenters. The van der Waals surface area contributed by atoms with Crippen LogP contribution in [-0.4, -0.2) is 86.3 Å². The first-order chi connectivity index (χ1) is 29.1. The predicted octanol–water partition coefficient (Wildman–Crippen LogP) is 7.37. The van der Waals surface area contributed by atoms with Gasteiger partial charge < -0.3 is 10.0 Å². The largest absolute Gasteiger partial charge is 0.481 e. The lowest BCUT2D eigenvalue weighted by molar-refractivity contribution is -0.438. The Morgan fingerprint density at radius 2 is 1.16 bits per heavy atom. The lowest BCUT2D eigenvalue weighted by atomic mass is 9.79. The molecule has 0 radical (unpaired) electrons. The summed E-state index contributed by atoms with van der Waals surface area (Å²) in [4.78, 5) is 10.4. The van der Waals surface area contributed by atoms with Crippen molar-refractivity contribution in [1.82, 2.24) is 0 Å². The predicted molar refractivity (Wildman–Crippen MR) is 238 cm³/mol. The fourth-order valence-corrected chi connectivity index (χ4v) is 11.5. The van der Waals surface area contributed by atoms with E-state index in [0.29, 0.717) is 60.9 Å². The number of unbranched alkanes of at least 4 members (excludes halogenated alkanes) is 2. The van der Waals surface area contributed by atoms with Gasteiger partial charge in [-0.2, -0.15) is 38.2 Å². The minimum atomic E-state index is -4.94. The van der Waals surface area contributed by atoms with Crippen LogP contribution in [-0.2, 0) is 56.1 Å². The van der Waals surface area contributed by atoms with E-state index in [2.05, 4.69) is 0 Å². The summed E-state index contributed by atoms with van der Waals surface area (Å²) in [5.74, 6) is -0.910. The summed E-state index contributed by atoms with van der Waals surface area (Å²) in [5.41, 5.74) is 2.28. The molecule has 5 N–H and O–H groups in total. The molecule has 0 saturated heterocycles. The van der Waals surface area contributed by atoms with Crippen LogP contribution in [0.3, 0.4) is 0 Å². The molecular formula is C43H47N2O14S4+. The molecule has 0 bridgehead atoms. The molecule has 2 heterocycles. The summed E-state index contributed by atoms with van der Waals surface area (Å²) in [7, 11) is -19.6. The zero-order valence-corrected chi connectivity index (χ0v) is 38.1. The van der Waals surface area contributed by atoms with E-state index in [1.54, 1.807) is 42.5 Å². The SMILES string of the molecule is CCN1/C(=C/C=C/C=C/C=C/C2=[N+](CCCCCC(=O)O)c3ccc4c(S(=O)(=O)O)cc(S(=O)(=O)O)cc4c3C2(C)C)C(C)(C)c2c1ccc1c(S(=O)(=O)O)cc(S(=O)(=O)O)cc21. The third kappa shape index (κ3) is 9.17. The second-order valence-electron chi connectivity index (χ2n) is 16.3. The van der Waals surface area contributed by atoms with Crippen molar-refractivity contribution in [2.24, 2.45) is 0 Å². The summed E-state index contributed by atoms with van der Waals surface area (Å²) in [5, 5.41) is 9.68. The summed E-state index contributed by atoms with van der Waals surface area (Å²) in [6, 6.07) is 10.1. The number of anilines is 1. The molecule has 0 fully saturated rings. The van der Waals surface area contributed by atoms with Crippen molar-refractivity contribution in [2.75, 3.05) is 18.0 Å². The van der Waals surface area contributed by atoms with E-state index < -0.39 is 76.9 Å². The first-order valence-electron chi connectivity index (χ1n) is 19.6. The second kappa shape index (κ2) is 16.8. The van der Waals surface area contributed by atoms with Crippen molar-refractivity contribution in [3.63, 3.8) is 0 Å². The molecule has 63 heavy (non-hydrogen) atoms. The molecule has 2 aliphatic heterocycles. The Morgan fingerprint density at radius 3 is 1.68 bits per heavy atom. The molecule has 0 saturated carbocycles. The van der Waals surface area contributed by atoms with Crippen LogP contribution in [0.15, 0.2) is 116 Å². The summed E-state index contributed by atoms with van der Waals surface area (Å²) in [6.45, 7) is 10.3. The van der Waals surface area contributed by atoms with Gasteiger partial charge in [0.05, 0.1) is 15.2 Å². The second-order valence-corrected chi connectivity index (χ2v) is 21.9. The maximum Gasteiger partial charge on any atom is 0.303 e. The van der Waals surface area contributed by atoms with Crippen LogP contribution in [0.5, 0.6) is 0 Å². The Balaban J connectivity index is 1.36. The van der Waals surface area contributed by atoms with Gasteiger partial charge >= 0.3 is 5.97 Å². The minimum absolute atomic E-state index is 0.00259. The normalized spacial score (nSPS) is 17.3. The summed E-state index contributed by atoms with van der Waals surface area (Å²) in [6.07, 6.45) is 14.2. The molecule has 4 aromatic rings. The third-order valence-electron chi connectivity index (χ3n) is 11.5. The van der Waals surface area contributed by atoms with Crippen molar-refractivity contribution in [3.8, 4) is 0 Å². The van der Waals surface area contributed by atoms with Gasteiger partial charge in [-0.15, -0.1) is 0 Å². The number of benzene rings is 4. The van der Waals surface area contributed by atoms with Crippen LogP contribution < -0.4 is 4.90 Å². The van der Waals surface area contributed by atoms with Crippen LogP contribution in [0.1, 0.15) is 71.4 Å². The van der Waals surface area contributed by atoms with Crippen molar-refractivity contribution in [1.29, 1.82) is 0 Å². The lowest BCUT2D eigenvalue weighted by Crippen LogP contribution is -2.28. The average molecular weight is 944 g/mol. The molecule has 336 valence electrons. The van der Waals surface area contributed by atoms with Crippen molar-refractivity contribution in [3.05, 3.63) is 108 Å². The minimum Gasteiger partial charge on any atom is -0.481 e. The van der Waals surface area contributed by atoms with Gasteiger partial charge in [0, 0.05) is 64.7 Å². The molecule has 20 heteroatoms. The quantitative estimate of drug-likeness (QED) is 0.0337. The highest BCUT2D eigenvalue weighted by Gasteiger charge is 2.46. The summed E-state index contributed by atoms with van der Waals surface area (Å²) < 4.78 is 141. The first kappa shape index (κ1) is 47.4. The maximum absolute atomic E-state index is 12.5. The highest BCUT2D eigenvalue weighted by molar-refractivity contribution is 7.87. The zero-order valence-electron chi connectivity index (χ0n) is 34.8. The van der Waals surface area contributed by atoms with Gasteiger partial charge in [-0.25, -0.2) is 0 Å². The van der Waals surface area contributed by atoms with E-state index >= 15 is 0 Å². The van der Waals surface area contributed by atoms with E-state index in [-0.39, 0.29) is 28.0 Å². The van der Waals surface area contributed by atoms with E-state index in [1.165, 1.54) is 24.3 Å². The fourth-order valence-electron chi connectivity index (χ4n) is 8.79. The molecule has 16 nitrogen and oxygen atoms in total. The number of nitrogens with zero attached hydrogens (tertiary/aromatic N) is 2. The number of allylic oxidation sites excluding steroid dienone is 8. The fraction of sp³-hybridized carbons (Fsp3) is 0.302. The summed E-state index contributed by atoms with van der Waals surface area (Å²) >= 11 is 0.